The minimum atomic E-state index is -1.35. The first kappa shape index (κ1) is 53.2. The van der Waals surface area contributed by atoms with Gasteiger partial charge in [-0.15, -0.1) is 0 Å². The molecule has 0 bridgehead atoms. The molecule has 1 unspecified atom stereocenters. The van der Waals surface area contributed by atoms with Crippen LogP contribution in [0.4, 0.5) is 0 Å². The van der Waals surface area contributed by atoms with Crippen LogP contribution in [0.1, 0.15) is 99.0 Å². The van der Waals surface area contributed by atoms with E-state index in [2.05, 4.69) is 10.6 Å². The van der Waals surface area contributed by atoms with E-state index in [-0.39, 0.29) is 61.3 Å². The first-order valence-corrected chi connectivity index (χ1v) is 22.4. The summed E-state index contributed by atoms with van der Waals surface area (Å²) >= 11 is 0. The van der Waals surface area contributed by atoms with Crippen LogP contribution in [0.5, 0.6) is 0 Å². The smallest absolute Gasteiger partial charge is 0.326 e. The summed E-state index contributed by atoms with van der Waals surface area (Å²) in [4.78, 5) is 111. The van der Waals surface area contributed by atoms with Crippen LogP contribution in [0, 0.1) is 17.8 Å². The number of carboxylic acid groups (broad SMARTS) is 1. The molecule has 17 nitrogen and oxygen atoms in total. The van der Waals surface area contributed by atoms with Crippen LogP contribution < -0.4 is 10.6 Å². The number of benzene rings is 1. The largest absolute Gasteiger partial charge is 0.480 e. The Morgan fingerprint density at radius 3 is 2.09 bits per heavy atom. The van der Waals surface area contributed by atoms with E-state index in [4.69, 9.17) is 9.47 Å². The number of carbonyl (C=O) groups excluding carboxylic acids is 7. The Labute approximate surface area is 378 Å². The number of unbranched alkanes of at least 4 members (excludes halogenated alkanes) is 1. The van der Waals surface area contributed by atoms with Crippen molar-refractivity contribution in [2.45, 2.75) is 142 Å². The highest BCUT2D eigenvalue weighted by Crippen LogP contribution is 2.30. The molecule has 0 radical (unpaired) electrons. The summed E-state index contributed by atoms with van der Waals surface area (Å²) in [7, 11) is 6.12. The van der Waals surface area contributed by atoms with Gasteiger partial charge in [0, 0.05) is 66.4 Å². The van der Waals surface area contributed by atoms with Gasteiger partial charge in [-0.05, 0) is 56.9 Å². The third kappa shape index (κ3) is 13.4. The minimum Gasteiger partial charge on any atom is -0.480 e. The molecular weight excluding hydrogens is 825 g/mol. The maximum atomic E-state index is 14.5. The summed E-state index contributed by atoms with van der Waals surface area (Å²) in [6.45, 7) is 13.0. The molecule has 1 saturated heterocycles. The van der Waals surface area contributed by atoms with Crippen molar-refractivity contribution in [1.82, 2.24) is 30.2 Å². The molecule has 3 N–H and O–H groups in total. The van der Waals surface area contributed by atoms with Gasteiger partial charge in [-0.25, -0.2) is 4.79 Å². The summed E-state index contributed by atoms with van der Waals surface area (Å²) in [5.74, 6) is -5.23. The van der Waals surface area contributed by atoms with Crippen LogP contribution in [0.3, 0.4) is 0 Å². The molecule has 0 spiro atoms. The van der Waals surface area contributed by atoms with Gasteiger partial charge in [-0.3, -0.25) is 38.5 Å². The Balaban J connectivity index is 1.71. The lowest BCUT2D eigenvalue weighted by Gasteiger charge is -2.41. The van der Waals surface area contributed by atoms with Gasteiger partial charge in [0.2, 0.25) is 29.5 Å². The predicted molar refractivity (Wildman–Crippen MR) is 239 cm³/mol. The number of hydrogen-bond donors (Lipinski definition) is 3. The fourth-order valence-corrected chi connectivity index (χ4v) is 8.54. The third-order valence-corrected chi connectivity index (χ3v) is 13.1. The lowest BCUT2D eigenvalue weighted by Crippen LogP contribution is -2.62. The number of nitrogens with one attached hydrogen (secondary N) is 2. The molecule has 1 fully saturated rings. The monoisotopic (exact) mass is 897 g/mol. The molecular formula is C47H72N6O11. The van der Waals surface area contributed by atoms with Crippen LogP contribution in [-0.4, -0.2) is 155 Å². The Morgan fingerprint density at radius 1 is 0.922 bits per heavy atom. The normalized spacial score (nSPS) is 18.5. The highest BCUT2D eigenvalue weighted by Gasteiger charge is 2.44. The summed E-state index contributed by atoms with van der Waals surface area (Å²) in [6.07, 6.45) is 3.71. The fraction of sp³-hybridized carbons (Fsp3) is 0.660. The molecule has 356 valence electrons. The molecule has 0 aliphatic carbocycles. The number of hydrogen-bond acceptors (Lipinski definition) is 10. The average Bonchev–Trinajstić information content (AvgIpc) is 3.88. The molecule has 64 heavy (non-hydrogen) atoms. The van der Waals surface area contributed by atoms with Crippen molar-refractivity contribution in [3.05, 3.63) is 48.0 Å². The van der Waals surface area contributed by atoms with Crippen molar-refractivity contribution in [1.29, 1.82) is 0 Å². The van der Waals surface area contributed by atoms with E-state index < -0.39 is 71.5 Å². The Kier molecular flexibility index (Phi) is 20.1. The topological polar surface area (TPSA) is 212 Å². The summed E-state index contributed by atoms with van der Waals surface area (Å²) < 4.78 is 11.9. The van der Waals surface area contributed by atoms with Crippen LogP contribution in [0.2, 0.25) is 0 Å². The average molecular weight is 897 g/mol. The Bertz CT molecular complexity index is 1820. The van der Waals surface area contributed by atoms with Crippen LogP contribution in [0.15, 0.2) is 42.5 Å². The molecule has 2 heterocycles. The number of carboxylic acids is 1. The first-order chi connectivity index (χ1) is 30.1. The van der Waals surface area contributed by atoms with E-state index in [9.17, 15) is 43.5 Å². The predicted octanol–water partition coefficient (Wildman–Crippen LogP) is 3.19. The molecule has 2 aliphatic heterocycles. The van der Waals surface area contributed by atoms with Gasteiger partial charge in [0.05, 0.1) is 36.6 Å². The van der Waals surface area contributed by atoms with Gasteiger partial charge >= 0.3 is 5.97 Å². The van der Waals surface area contributed by atoms with Crippen molar-refractivity contribution in [2.24, 2.45) is 17.8 Å². The van der Waals surface area contributed by atoms with Crippen molar-refractivity contribution in [3.63, 3.8) is 0 Å². The number of likely N-dealkylation sites (N-methyl/N-ethyl adjacent to an activating group) is 2. The molecule has 17 heteroatoms. The maximum Gasteiger partial charge on any atom is 0.326 e. The number of carbonyl (C=O) groups is 8. The van der Waals surface area contributed by atoms with Gasteiger partial charge in [0.25, 0.3) is 11.8 Å². The fourth-order valence-electron chi connectivity index (χ4n) is 8.54. The molecule has 1 aromatic carbocycles. The molecule has 3 rings (SSSR count). The third-order valence-electron chi connectivity index (χ3n) is 13.1. The molecule has 0 aromatic heterocycles. The highest BCUT2D eigenvalue weighted by atomic mass is 16.5. The summed E-state index contributed by atoms with van der Waals surface area (Å²) in [6, 6.07) is 5.79. The zero-order valence-electron chi connectivity index (χ0n) is 39.6. The molecule has 1 aromatic rings. The summed E-state index contributed by atoms with van der Waals surface area (Å²) in [5, 5.41) is 15.5. The summed E-state index contributed by atoms with van der Waals surface area (Å²) in [5.41, 5.74) is -0.591. The number of imide groups is 1. The molecule has 7 amide bonds. The van der Waals surface area contributed by atoms with Crippen molar-refractivity contribution in [2.75, 3.05) is 41.4 Å². The second-order valence-corrected chi connectivity index (χ2v) is 18.0. The number of nitrogens with zero attached hydrogens (tertiary/aromatic N) is 4. The number of amides is 7. The second kappa shape index (κ2) is 24.2. The quantitative estimate of drug-likeness (QED) is 0.0959. The maximum absolute atomic E-state index is 14.5. The van der Waals surface area contributed by atoms with Gasteiger partial charge in [0.15, 0.2) is 0 Å². The van der Waals surface area contributed by atoms with Gasteiger partial charge in [0.1, 0.15) is 17.6 Å². The van der Waals surface area contributed by atoms with E-state index in [1.54, 1.807) is 61.9 Å². The minimum absolute atomic E-state index is 0.0842. The number of likely N-dealkylation sites (tertiary alicyclic amines) is 1. The SMILES string of the molecule is CC[C@H](C)[C@@H]([C@@H](CC(=O)N1CCCC1[C@H](OC)[C@@H](C)C(=O)N[C@@H](Cc1ccccc1)C(=O)O)OC)N(C)C(=O)[C@@H](NC(=O)C(C)(C)N(C)C(=O)CCCCN1C(=O)C=CC1=O)C(C)C. The molecule has 2 aliphatic rings. The van der Waals surface area contributed by atoms with Gasteiger partial charge in [-0.1, -0.05) is 71.4 Å². The zero-order chi connectivity index (χ0) is 48.1. The van der Waals surface area contributed by atoms with E-state index in [1.807, 2.05) is 33.8 Å². The van der Waals surface area contributed by atoms with E-state index in [0.29, 0.717) is 38.6 Å². The molecule has 8 atom stereocenters. The second-order valence-electron chi connectivity index (χ2n) is 18.0. The first-order valence-electron chi connectivity index (χ1n) is 22.4. The Hall–Kier alpha value is -5.16. The van der Waals surface area contributed by atoms with Crippen LogP contribution >= 0.6 is 0 Å². The highest BCUT2D eigenvalue weighted by molar-refractivity contribution is 6.12. The van der Waals surface area contributed by atoms with Crippen molar-refractivity contribution < 1.29 is 52.9 Å². The van der Waals surface area contributed by atoms with Crippen LogP contribution in [0.25, 0.3) is 0 Å². The van der Waals surface area contributed by atoms with E-state index in [1.165, 1.54) is 38.3 Å². The van der Waals surface area contributed by atoms with Crippen LogP contribution in [-0.2, 0) is 54.3 Å². The zero-order valence-corrected chi connectivity index (χ0v) is 39.6. The van der Waals surface area contributed by atoms with E-state index >= 15 is 0 Å². The standard InChI is InChI=1S/C47H72N6O11/c1-12-30(4)41(50(8)44(59)40(29(2)3)49-46(62)47(6,7)51(9)36(54)22-16-17-25-53-37(55)23-24-38(53)56)35(63-10)28-39(57)52-26-18-21-34(52)42(64-11)31(5)43(58)48-33(45(60)61)27-32-19-14-13-15-20-32/h13-15,19-20,23-24,29-31,33-35,40-42H,12,16-18,21-22,25-28H2,1-11H3,(H,48,58)(H,49,62)(H,60,61)/t30-,31+,33-,34?,35+,40-,41-,42+/m0/s1. The number of rotatable bonds is 25. The Morgan fingerprint density at radius 2 is 1.55 bits per heavy atom. The van der Waals surface area contributed by atoms with E-state index in [0.717, 1.165) is 10.5 Å². The lowest BCUT2D eigenvalue weighted by atomic mass is 9.89. The number of methoxy groups -OCH3 is 2. The molecule has 0 saturated carbocycles. The van der Waals surface area contributed by atoms with Crippen molar-refractivity contribution >= 4 is 47.3 Å². The number of ether oxygens (including phenoxy) is 2. The van der Waals surface area contributed by atoms with Crippen molar-refractivity contribution in [3.8, 4) is 0 Å². The lowest BCUT2D eigenvalue weighted by molar-refractivity contribution is -0.150. The number of aliphatic carboxylic acids is 1. The van der Waals surface area contributed by atoms with Gasteiger partial charge < -0.3 is 39.9 Å². The van der Waals surface area contributed by atoms with Gasteiger partial charge in [-0.2, -0.15) is 0 Å².